The lowest BCUT2D eigenvalue weighted by atomic mass is 10.4. The predicted octanol–water partition coefficient (Wildman–Crippen LogP) is 1.90. The number of hydrogen-bond acceptors (Lipinski definition) is 5. The monoisotopic (exact) mass is 222 g/mol. The van der Waals surface area contributed by atoms with E-state index in [1.54, 1.807) is 24.5 Å². The molecule has 0 amide bonds. The fraction of sp³-hybridized carbons (Fsp3) is 0. The number of ether oxygens (including phenoxy) is 1. The number of nitrogens with zero attached hydrogens (tertiary/aromatic N) is 3. The third-order valence-corrected chi connectivity index (χ3v) is 1.75. The van der Waals surface area contributed by atoms with E-state index in [1.807, 2.05) is 0 Å². The molecule has 2 aromatic heterocycles. The van der Waals surface area contributed by atoms with E-state index in [0.717, 1.165) is 0 Å². The molecule has 2 rings (SSSR count). The molecule has 2 N–H and O–H groups in total. The highest BCUT2D eigenvalue weighted by atomic mass is 35.5. The van der Waals surface area contributed by atoms with Crippen molar-refractivity contribution in [2.45, 2.75) is 0 Å². The van der Waals surface area contributed by atoms with Crippen molar-refractivity contribution in [3.05, 3.63) is 35.7 Å². The number of nitrogens with two attached hydrogens (primary N) is 1. The normalized spacial score (nSPS) is 9.93. The first kappa shape index (κ1) is 9.67. The van der Waals surface area contributed by atoms with Gasteiger partial charge in [0, 0.05) is 18.5 Å². The lowest BCUT2D eigenvalue weighted by molar-refractivity contribution is 0.462. The van der Waals surface area contributed by atoms with E-state index in [2.05, 4.69) is 15.0 Å². The van der Waals surface area contributed by atoms with Crippen molar-refractivity contribution in [3.63, 3.8) is 0 Å². The van der Waals surface area contributed by atoms with E-state index < -0.39 is 0 Å². The van der Waals surface area contributed by atoms with Gasteiger partial charge in [-0.3, -0.25) is 4.98 Å². The molecule has 2 aromatic rings. The minimum absolute atomic E-state index is 0.0755. The van der Waals surface area contributed by atoms with Crippen LogP contribution in [0.1, 0.15) is 0 Å². The number of anilines is 1. The maximum atomic E-state index is 5.69. The van der Waals surface area contributed by atoms with Gasteiger partial charge in [0.05, 0.1) is 0 Å². The summed E-state index contributed by atoms with van der Waals surface area (Å²) in [6, 6.07) is 4.89. The smallest absolute Gasteiger partial charge is 0.225 e. The van der Waals surface area contributed by atoms with Gasteiger partial charge in [0.1, 0.15) is 10.9 Å². The molecule has 0 saturated heterocycles. The van der Waals surface area contributed by atoms with Crippen LogP contribution in [0.25, 0.3) is 0 Å². The number of halogens is 1. The van der Waals surface area contributed by atoms with E-state index in [1.165, 1.54) is 6.07 Å². The van der Waals surface area contributed by atoms with Gasteiger partial charge >= 0.3 is 0 Å². The molecule has 0 fully saturated rings. The topological polar surface area (TPSA) is 73.9 Å². The van der Waals surface area contributed by atoms with Gasteiger partial charge in [-0.25, -0.2) is 4.98 Å². The Morgan fingerprint density at radius 2 is 1.93 bits per heavy atom. The number of pyridine rings is 1. The maximum Gasteiger partial charge on any atom is 0.225 e. The zero-order valence-corrected chi connectivity index (χ0v) is 8.35. The fourth-order valence-corrected chi connectivity index (χ4v) is 1.17. The molecule has 0 unspecified atom stereocenters. The van der Waals surface area contributed by atoms with Crippen molar-refractivity contribution in [2.24, 2.45) is 0 Å². The van der Waals surface area contributed by atoms with Gasteiger partial charge in [-0.1, -0.05) is 11.6 Å². The number of rotatable bonds is 2. The highest BCUT2D eigenvalue weighted by Crippen LogP contribution is 2.21. The van der Waals surface area contributed by atoms with Crippen molar-refractivity contribution < 1.29 is 4.74 Å². The third-order valence-electron chi connectivity index (χ3n) is 1.56. The van der Waals surface area contributed by atoms with E-state index >= 15 is 0 Å². The molecular formula is C9H7ClN4O. The van der Waals surface area contributed by atoms with Crippen molar-refractivity contribution in [2.75, 3.05) is 5.73 Å². The highest BCUT2D eigenvalue weighted by Gasteiger charge is 2.02. The molecule has 76 valence electrons. The third kappa shape index (κ3) is 2.54. The second kappa shape index (κ2) is 4.10. The number of nitrogen functional groups attached to an aromatic ring is 1. The second-order valence-electron chi connectivity index (χ2n) is 2.67. The van der Waals surface area contributed by atoms with Crippen molar-refractivity contribution >= 4 is 17.5 Å². The zero-order valence-electron chi connectivity index (χ0n) is 7.59. The molecule has 15 heavy (non-hydrogen) atoms. The van der Waals surface area contributed by atoms with Crippen LogP contribution in [0.4, 0.5) is 5.95 Å². The van der Waals surface area contributed by atoms with E-state index in [4.69, 9.17) is 22.1 Å². The molecule has 6 heteroatoms. The SMILES string of the molecule is Nc1nc(Cl)cc(Oc2ccncc2)n1. The van der Waals surface area contributed by atoms with Crippen molar-refractivity contribution in [1.29, 1.82) is 0 Å². The lowest BCUT2D eigenvalue weighted by Crippen LogP contribution is -1.97. The molecule has 0 radical (unpaired) electrons. The van der Waals surface area contributed by atoms with Crippen LogP contribution in [0.15, 0.2) is 30.6 Å². The first-order valence-electron chi connectivity index (χ1n) is 4.12. The largest absolute Gasteiger partial charge is 0.439 e. The Kier molecular flexibility index (Phi) is 2.64. The zero-order chi connectivity index (χ0) is 10.7. The van der Waals surface area contributed by atoms with Crippen LogP contribution in [-0.4, -0.2) is 15.0 Å². The van der Waals surface area contributed by atoms with Crippen LogP contribution in [0, 0.1) is 0 Å². The summed E-state index contributed by atoms with van der Waals surface area (Å²) in [6.45, 7) is 0. The quantitative estimate of drug-likeness (QED) is 0.786. The Bertz CT molecular complexity index is 443. The molecular weight excluding hydrogens is 216 g/mol. The summed E-state index contributed by atoms with van der Waals surface area (Å²) in [5, 5.41) is 0.242. The number of aromatic nitrogens is 3. The highest BCUT2D eigenvalue weighted by molar-refractivity contribution is 6.29. The van der Waals surface area contributed by atoms with Gasteiger partial charge in [-0.2, -0.15) is 4.98 Å². The maximum absolute atomic E-state index is 5.69. The van der Waals surface area contributed by atoms with Gasteiger partial charge < -0.3 is 10.5 Å². The summed E-state index contributed by atoms with van der Waals surface area (Å²) in [5.41, 5.74) is 5.41. The molecule has 0 aliphatic heterocycles. The minimum atomic E-state index is 0.0755. The molecule has 0 atom stereocenters. The summed E-state index contributed by atoms with van der Waals surface area (Å²) in [6.07, 6.45) is 3.23. The Balaban J connectivity index is 2.25. The van der Waals surface area contributed by atoms with Crippen LogP contribution >= 0.6 is 11.6 Å². The lowest BCUT2D eigenvalue weighted by Gasteiger charge is -2.04. The molecule has 0 aliphatic rings. The molecule has 0 spiro atoms. The summed E-state index contributed by atoms with van der Waals surface area (Å²) in [5.74, 6) is 0.990. The van der Waals surface area contributed by atoms with Crippen LogP contribution < -0.4 is 10.5 Å². The summed E-state index contributed by atoms with van der Waals surface area (Å²) in [7, 11) is 0. The average Bonchev–Trinajstić information content (AvgIpc) is 2.17. The van der Waals surface area contributed by atoms with Gasteiger partial charge in [0.2, 0.25) is 11.8 Å². The van der Waals surface area contributed by atoms with Crippen LogP contribution in [0.3, 0.4) is 0 Å². The standard InChI is InChI=1S/C9H7ClN4O/c10-7-5-8(14-9(11)13-7)15-6-1-3-12-4-2-6/h1-5H,(H2,11,13,14). The minimum Gasteiger partial charge on any atom is -0.439 e. The average molecular weight is 223 g/mol. The van der Waals surface area contributed by atoms with Gasteiger partial charge in [-0.15, -0.1) is 0 Å². The van der Waals surface area contributed by atoms with Gasteiger partial charge in [0.15, 0.2) is 0 Å². The first-order valence-corrected chi connectivity index (χ1v) is 4.50. The molecule has 0 aliphatic carbocycles. The van der Waals surface area contributed by atoms with Gasteiger partial charge in [0.25, 0.3) is 0 Å². The summed E-state index contributed by atoms with van der Waals surface area (Å²) >= 11 is 5.69. The van der Waals surface area contributed by atoms with E-state index in [9.17, 15) is 0 Å². The number of hydrogen-bond donors (Lipinski definition) is 1. The Labute approximate surface area is 90.9 Å². The van der Waals surface area contributed by atoms with E-state index in [-0.39, 0.29) is 11.1 Å². The van der Waals surface area contributed by atoms with Crippen molar-refractivity contribution in [3.8, 4) is 11.6 Å². The second-order valence-corrected chi connectivity index (χ2v) is 3.06. The molecule has 0 aromatic carbocycles. The van der Waals surface area contributed by atoms with Crippen LogP contribution in [0.5, 0.6) is 11.6 Å². The van der Waals surface area contributed by atoms with Crippen molar-refractivity contribution in [1.82, 2.24) is 15.0 Å². The summed E-state index contributed by atoms with van der Waals surface area (Å²) in [4.78, 5) is 11.4. The predicted molar refractivity (Wildman–Crippen MR) is 55.8 cm³/mol. The van der Waals surface area contributed by atoms with E-state index in [0.29, 0.717) is 11.6 Å². The Morgan fingerprint density at radius 3 is 2.60 bits per heavy atom. The van der Waals surface area contributed by atoms with Crippen LogP contribution in [0.2, 0.25) is 5.15 Å². The van der Waals surface area contributed by atoms with Crippen LogP contribution in [-0.2, 0) is 0 Å². The summed E-state index contributed by atoms with van der Waals surface area (Å²) < 4.78 is 5.38. The Morgan fingerprint density at radius 1 is 1.20 bits per heavy atom. The Hall–Kier alpha value is -1.88. The molecule has 2 heterocycles. The van der Waals surface area contributed by atoms with Gasteiger partial charge in [-0.05, 0) is 12.1 Å². The molecule has 0 bridgehead atoms. The molecule has 0 saturated carbocycles. The first-order chi connectivity index (χ1) is 7.24. The fourth-order valence-electron chi connectivity index (χ4n) is 0.993. The molecule has 5 nitrogen and oxygen atoms in total.